The van der Waals surface area contributed by atoms with E-state index >= 15 is 0 Å². The van der Waals surface area contributed by atoms with Crippen molar-refractivity contribution in [1.29, 1.82) is 0 Å². The van der Waals surface area contributed by atoms with Gasteiger partial charge in [0.25, 0.3) is 0 Å². The maximum atomic E-state index is 12.2. The van der Waals surface area contributed by atoms with Gasteiger partial charge in [-0.05, 0) is 24.6 Å². The first kappa shape index (κ1) is 21.8. The zero-order chi connectivity index (χ0) is 20.5. The van der Waals surface area contributed by atoms with Crippen molar-refractivity contribution in [3.8, 4) is 0 Å². The minimum atomic E-state index is -0.461. The Morgan fingerprint density at radius 2 is 1.69 bits per heavy atom. The molecule has 2 aromatic carbocycles. The van der Waals surface area contributed by atoms with Crippen molar-refractivity contribution >= 4 is 17.7 Å². The molecule has 3 rings (SSSR count). The summed E-state index contributed by atoms with van der Waals surface area (Å²) in [5.74, 6) is 0.965. The van der Waals surface area contributed by atoms with Crippen molar-refractivity contribution in [1.82, 2.24) is 15.1 Å². The van der Waals surface area contributed by atoms with Crippen molar-refractivity contribution < 1.29 is 9.90 Å². The van der Waals surface area contributed by atoms with Crippen molar-refractivity contribution in [2.75, 3.05) is 51.6 Å². The molecule has 156 valence electrons. The molecule has 1 aliphatic heterocycles. The Bertz CT molecular complexity index is 746. The first-order chi connectivity index (χ1) is 14.1. The van der Waals surface area contributed by atoms with E-state index in [0.29, 0.717) is 19.6 Å². The van der Waals surface area contributed by atoms with Crippen molar-refractivity contribution in [3.05, 3.63) is 65.7 Å². The summed E-state index contributed by atoms with van der Waals surface area (Å²) in [7, 11) is 0. The number of aliphatic hydroxyl groups excluding tert-OH is 1. The van der Waals surface area contributed by atoms with E-state index in [2.05, 4.69) is 46.3 Å². The van der Waals surface area contributed by atoms with Crippen LogP contribution < -0.4 is 5.32 Å². The van der Waals surface area contributed by atoms with Gasteiger partial charge in [-0.1, -0.05) is 48.0 Å². The second kappa shape index (κ2) is 11.4. The highest BCUT2D eigenvalue weighted by Gasteiger charge is 2.21. The van der Waals surface area contributed by atoms with Gasteiger partial charge in [-0.3, -0.25) is 14.6 Å². The SMILES string of the molecule is Cc1ccc(SCCNC(=O)CN2CCN(CC(O)c3ccccc3)CC2)cc1. The molecule has 1 fully saturated rings. The fourth-order valence-corrected chi connectivity index (χ4v) is 4.18. The average Bonchev–Trinajstić information content (AvgIpc) is 2.74. The molecule has 1 aliphatic rings. The number of benzene rings is 2. The number of aryl methyl sites for hydroxylation is 1. The summed E-state index contributed by atoms with van der Waals surface area (Å²) in [4.78, 5) is 17.9. The molecule has 0 saturated carbocycles. The third-order valence-electron chi connectivity index (χ3n) is 5.16. The smallest absolute Gasteiger partial charge is 0.234 e. The second-order valence-electron chi connectivity index (χ2n) is 7.51. The van der Waals surface area contributed by atoms with E-state index in [4.69, 9.17) is 0 Å². The largest absolute Gasteiger partial charge is 0.387 e. The highest BCUT2D eigenvalue weighted by molar-refractivity contribution is 7.99. The van der Waals surface area contributed by atoms with E-state index in [9.17, 15) is 9.90 Å². The molecule has 1 atom stereocenters. The molecule has 1 heterocycles. The van der Waals surface area contributed by atoms with Gasteiger partial charge in [-0.25, -0.2) is 0 Å². The number of amides is 1. The molecule has 1 saturated heterocycles. The Hall–Kier alpha value is -1.86. The molecule has 0 spiro atoms. The van der Waals surface area contributed by atoms with E-state index in [1.54, 1.807) is 11.8 Å². The molecular weight excluding hydrogens is 382 g/mol. The van der Waals surface area contributed by atoms with Gasteiger partial charge in [0, 0.05) is 49.9 Å². The van der Waals surface area contributed by atoms with Crippen LogP contribution in [-0.2, 0) is 4.79 Å². The fourth-order valence-electron chi connectivity index (χ4n) is 3.41. The molecule has 29 heavy (non-hydrogen) atoms. The summed E-state index contributed by atoms with van der Waals surface area (Å²) in [6.45, 7) is 7.31. The Balaban J connectivity index is 1.29. The van der Waals surface area contributed by atoms with Crippen LogP contribution in [0.1, 0.15) is 17.2 Å². The minimum absolute atomic E-state index is 0.0901. The summed E-state index contributed by atoms with van der Waals surface area (Å²) in [6.07, 6.45) is -0.461. The number of rotatable bonds is 9. The van der Waals surface area contributed by atoms with Gasteiger partial charge >= 0.3 is 0 Å². The van der Waals surface area contributed by atoms with Gasteiger partial charge in [0.05, 0.1) is 12.6 Å². The maximum Gasteiger partial charge on any atom is 0.234 e. The van der Waals surface area contributed by atoms with Crippen LogP contribution in [0.4, 0.5) is 0 Å². The quantitative estimate of drug-likeness (QED) is 0.489. The van der Waals surface area contributed by atoms with Crippen LogP contribution >= 0.6 is 11.8 Å². The Morgan fingerprint density at radius 1 is 1.03 bits per heavy atom. The summed E-state index contributed by atoms with van der Waals surface area (Å²) in [6, 6.07) is 18.2. The number of thioether (sulfide) groups is 1. The number of hydrogen-bond acceptors (Lipinski definition) is 5. The first-order valence-corrected chi connectivity index (χ1v) is 11.2. The average molecular weight is 414 g/mol. The van der Waals surface area contributed by atoms with Crippen LogP contribution in [0.15, 0.2) is 59.5 Å². The van der Waals surface area contributed by atoms with Gasteiger partial charge in [-0.15, -0.1) is 11.8 Å². The van der Waals surface area contributed by atoms with Gasteiger partial charge in [0.1, 0.15) is 0 Å². The number of nitrogens with zero attached hydrogens (tertiary/aromatic N) is 2. The summed E-state index contributed by atoms with van der Waals surface area (Å²) >= 11 is 1.76. The van der Waals surface area contributed by atoms with E-state index < -0.39 is 6.10 Å². The van der Waals surface area contributed by atoms with Crippen molar-refractivity contribution in [3.63, 3.8) is 0 Å². The molecule has 2 aromatic rings. The van der Waals surface area contributed by atoms with Crippen LogP contribution in [0.2, 0.25) is 0 Å². The van der Waals surface area contributed by atoms with Crippen LogP contribution in [0.25, 0.3) is 0 Å². The standard InChI is InChI=1S/C23H31N3O2S/c1-19-7-9-21(10-8-19)29-16-11-24-23(28)18-26-14-12-25(13-15-26)17-22(27)20-5-3-2-4-6-20/h2-10,22,27H,11-18H2,1H3,(H,24,28). The number of piperazine rings is 1. The molecule has 0 aliphatic carbocycles. The van der Waals surface area contributed by atoms with Crippen LogP contribution in [0.5, 0.6) is 0 Å². The predicted octanol–water partition coefficient (Wildman–Crippen LogP) is 2.55. The normalized spacial score (nSPS) is 16.5. The van der Waals surface area contributed by atoms with Crippen molar-refractivity contribution in [2.24, 2.45) is 0 Å². The molecule has 1 unspecified atom stereocenters. The Labute approximate surface area is 178 Å². The van der Waals surface area contributed by atoms with Gasteiger partial charge < -0.3 is 10.4 Å². The summed E-state index contributed by atoms with van der Waals surface area (Å²) < 4.78 is 0. The van der Waals surface area contributed by atoms with E-state index in [1.165, 1.54) is 10.5 Å². The zero-order valence-corrected chi connectivity index (χ0v) is 17.9. The minimum Gasteiger partial charge on any atom is -0.387 e. The molecule has 2 N–H and O–H groups in total. The van der Waals surface area contributed by atoms with Gasteiger partial charge in [0.2, 0.25) is 5.91 Å². The number of aliphatic hydroxyl groups is 1. The lowest BCUT2D eigenvalue weighted by atomic mass is 10.1. The third kappa shape index (κ3) is 7.48. The molecule has 0 bridgehead atoms. The van der Waals surface area contributed by atoms with E-state index in [1.807, 2.05) is 30.3 Å². The summed E-state index contributed by atoms with van der Waals surface area (Å²) in [5.41, 5.74) is 2.22. The highest BCUT2D eigenvalue weighted by atomic mass is 32.2. The van der Waals surface area contributed by atoms with Crippen molar-refractivity contribution in [2.45, 2.75) is 17.9 Å². The van der Waals surface area contributed by atoms with Gasteiger partial charge in [0.15, 0.2) is 0 Å². The maximum absolute atomic E-state index is 12.2. The lowest BCUT2D eigenvalue weighted by molar-refractivity contribution is -0.122. The number of hydrogen-bond donors (Lipinski definition) is 2. The number of carbonyl (C=O) groups is 1. The Morgan fingerprint density at radius 3 is 2.38 bits per heavy atom. The highest BCUT2D eigenvalue weighted by Crippen LogP contribution is 2.17. The topological polar surface area (TPSA) is 55.8 Å². The molecule has 1 amide bonds. The van der Waals surface area contributed by atoms with E-state index in [-0.39, 0.29) is 5.91 Å². The number of nitrogens with one attached hydrogen (secondary N) is 1. The van der Waals surface area contributed by atoms with Crippen LogP contribution in [0.3, 0.4) is 0 Å². The lowest BCUT2D eigenvalue weighted by Gasteiger charge is -2.35. The van der Waals surface area contributed by atoms with Crippen LogP contribution in [0, 0.1) is 6.92 Å². The predicted molar refractivity (Wildman–Crippen MR) is 119 cm³/mol. The fraction of sp³-hybridized carbons (Fsp3) is 0.435. The molecule has 6 heteroatoms. The molecular formula is C23H31N3O2S. The first-order valence-electron chi connectivity index (χ1n) is 10.2. The molecule has 0 radical (unpaired) electrons. The second-order valence-corrected chi connectivity index (χ2v) is 8.68. The lowest BCUT2D eigenvalue weighted by Crippen LogP contribution is -2.50. The monoisotopic (exact) mass is 413 g/mol. The zero-order valence-electron chi connectivity index (χ0n) is 17.1. The number of β-amino-alcohol motifs (C(OH)–C–C–N with tert-alkyl or cyclic N) is 1. The van der Waals surface area contributed by atoms with E-state index in [0.717, 1.165) is 37.5 Å². The summed E-state index contributed by atoms with van der Waals surface area (Å²) in [5, 5.41) is 13.4. The molecule has 0 aromatic heterocycles. The molecule has 5 nitrogen and oxygen atoms in total. The number of carbonyl (C=O) groups excluding carboxylic acids is 1. The van der Waals surface area contributed by atoms with Crippen LogP contribution in [-0.4, -0.2) is 72.4 Å². The third-order valence-corrected chi connectivity index (χ3v) is 6.18. The Kier molecular flexibility index (Phi) is 8.55. The van der Waals surface area contributed by atoms with Gasteiger partial charge in [-0.2, -0.15) is 0 Å².